The van der Waals surface area contributed by atoms with Crippen LogP contribution in [-0.4, -0.2) is 27.9 Å². The van der Waals surface area contributed by atoms with E-state index in [0.717, 1.165) is 11.1 Å². The molecular formula is C24H18N2O2. The van der Waals surface area contributed by atoms with Gasteiger partial charge < -0.3 is 0 Å². The summed E-state index contributed by atoms with van der Waals surface area (Å²) in [7, 11) is 0. The Morgan fingerprint density at radius 1 is 0.679 bits per heavy atom. The van der Waals surface area contributed by atoms with Gasteiger partial charge in [-0.25, -0.2) is 5.01 Å². The summed E-state index contributed by atoms with van der Waals surface area (Å²) < 4.78 is 0. The van der Waals surface area contributed by atoms with Crippen LogP contribution >= 0.6 is 0 Å². The number of carbonyl (C=O) groups is 2. The zero-order valence-electron chi connectivity index (χ0n) is 15.1. The number of hydrazine groups is 1. The van der Waals surface area contributed by atoms with Crippen LogP contribution < -0.4 is 0 Å². The Hall–Kier alpha value is -3.50. The van der Waals surface area contributed by atoms with Gasteiger partial charge in [0, 0.05) is 0 Å². The Labute approximate surface area is 163 Å². The molecule has 2 amide bonds. The van der Waals surface area contributed by atoms with Crippen molar-refractivity contribution in [3.05, 3.63) is 113 Å². The Bertz CT molecular complexity index is 1040. The molecule has 5 rings (SSSR count). The summed E-state index contributed by atoms with van der Waals surface area (Å²) in [6.45, 7) is 0. The molecule has 2 aliphatic rings. The predicted octanol–water partition coefficient (Wildman–Crippen LogP) is 4.34. The molecule has 0 aromatic heterocycles. The van der Waals surface area contributed by atoms with Crippen molar-refractivity contribution in [1.29, 1.82) is 0 Å². The minimum Gasteiger partial charge on any atom is -0.267 e. The molecule has 1 fully saturated rings. The minimum absolute atomic E-state index is 0.0385. The number of rotatable bonds is 4. The van der Waals surface area contributed by atoms with Gasteiger partial charge in [0.05, 0.1) is 23.2 Å². The van der Waals surface area contributed by atoms with Crippen LogP contribution in [0.5, 0.6) is 0 Å². The molecule has 0 N–H and O–H groups in total. The highest BCUT2D eigenvalue weighted by molar-refractivity contribution is 6.21. The number of fused-ring (bicyclic) bond motifs is 1. The number of hydrogen-bond acceptors (Lipinski definition) is 3. The molecule has 0 radical (unpaired) electrons. The fourth-order valence-electron chi connectivity index (χ4n) is 3.85. The molecule has 3 atom stereocenters. The van der Waals surface area contributed by atoms with E-state index in [0.29, 0.717) is 11.1 Å². The fraction of sp³-hybridized carbons (Fsp3) is 0.0833. The second-order valence-electron chi connectivity index (χ2n) is 6.96. The van der Waals surface area contributed by atoms with Gasteiger partial charge in [-0.3, -0.25) is 9.59 Å². The third-order valence-electron chi connectivity index (χ3n) is 5.25. The van der Waals surface area contributed by atoms with Gasteiger partial charge in [0.25, 0.3) is 11.8 Å². The molecule has 2 heterocycles. The van der Waals surface area contributed by atoms with Crippen molar-refractivity contribution < 1.29 is 9.59 Å². The van der Waals surface area contributed by atoms with Crippen LogP contribution in [0.2, 0.25) is 0 Å². The summed E-state index contributed by atoms with van der Waals surface area (Å²) in [6, 6.07) is 26.9. The standard InChI is InChI=1S/C24H18N2O2/c27-23-19-13-7-8-14-20(19)24(28)26(23)25-21(16-15-17-9-3-1-4-10-17)22(25)18-11-5-2-6-12-18/h1-16,21-22H/t21-,22-,25?/m1/s1. The van der Waals surface area contributed by atoms with Crippen LogP contribution in [0.15, 0.2) is 91.0 Å². The van der Waals surface area contributed by atoms with E-state index in [1.165, 1.54) is 5.01 Å². The summed E-state index contributed by atoms with van der Waals surface area (Å²) in [5, 5.41) is 3.18. The lowest BCUT2D eigenvalue weighted by molar-refractivity contribution is 0.0353. The first-order valence-electron chi connectivity index (χ1n) is 9.30. The number of benzene rings is 3. The molecule has 4 heteroatoms. The maximum Gasteiger partial charge on any atom is 0.276 e. The van der Waals surface area contributed by atoms with Crippen molar-refractivity contribution in [2.45, 2.75) is 12.1 Å². The highest BCUT2D eigenvalue weighted by Crippen LogP contribution is 2.47. The lowest BCUT2D eigenvalue weighted by Gasteiger charge is -2.16. The Morgan fingerprint density at radius 2 is 1.21 bits per heavy atom. The van der Waals surface area contributed by atoms with Gasteiger partial charge in [0.1, 0.15) is 0 Å². The zero-order valence-corrected chi connectivity index (χ0v) is 15.1. The minimum atomic E-state index is -0.253. The van der Waals surface area contributed by atoms with Crippen LogP contribution in [-0.2, 0) is 0 Å². The lowest BCUT2D eigenvalue weighted by atomic mass is 10.1. The second kappa shape index (κ2) is 6.59. The monoisotopic (exact) mass is 366 g/mol. The highest BCUT2D eigenvalue weighted by atomic mass is 16.2. The maximum absolute atomic E-state index is 12.9. The van der Waals surface area contributed by atoms with E-state index in [-0.39, 0.29) is 23.9 Å². The number of imide groups is 1. The van der Waals surface area contributed by atoms with E-state index in [1.54, 1.807) is 24.3 Å². The molecule has 1 saturated heterocycles. The Balaban J connectivity index is 1.49. The normalized spacial score (nSPS) is 23.3. The Kier molecular flexibility index (Phi) is 3.92. The molecule has 3 aromatic carbocycles. The van der Waals surface area contributed by atoms with E-state index < -0.39 is 0 Å². The van der Waals surface area contributed by atoms with Crippen LogP contribution in [0.25, 0.3) is 6.08 Å². The van der Waals surface area contributed by atoms with Gasteiger partial charge in [0.2, 0.25) is 0 Å². The molecule has 4 nitrogen and oxygen atoms in total. The van der Waals surface area contributed by atoms with Gasteiger partial charge in [-0.15, -0.1) is 0 Å². The first-order valence-corrected chi connectivity index (χ1v) is 9.30. The summed E-state index contributed by atoms with van der Waals surface area (Å²) in [5.74, 6) is -0.505. The highest BCUT2D eigenvalue weighted by Gasteiger charge is 2.56. The van der Waals surface area contributed by atoms with Gasteiger partial charge in [0.15, 0.2) is 0 Å². The van der Waals surface area contributed by atoms with Gasteiger partial charge in [-0.2, -0.15) is 5.01 Å². The summed E-state index contributed by atoms with van der Waals surface area (Å²) in [5.41, 5.74) is 3.11. The molecule has 28 heavy (non-hydrogen) atoms. The zero-order chi connectivity index (χ0) is 19.1. The third kappa shape index (κ3) is 2.66. The van der Waals surface area contributed by atoms with Gasteiger partial charge in [-0.05, 0) is 23.3 Å². The third-order valence-corrected chi connectivity index (χ3v) is 5.25. The van der Waals surface area contributed by atoms with Crippen molar-refractivity contribution in [3.8, 4) is 0 Å². The lowest BCUT2D eigenvalue weighted by Crippen LogP contribution is -2.36. The van der Waals surface area contributed by atoms with E-state index >= 15 is 0 Å². The molecule has 0 saturated carbocycles. The SMILES string of the molecule is O=C1c2ccccc2C(=O)N1N1[C@H](C=Cc2ccccc2)[C@H]1c1ccccc1. The molecule has 136 valence electrons. The molecule has 0 bridgehead atoms. The molecule has 0 aliphatic carbocycles. The van der Waals surface area contributed by atoms with Crippen molar-refractivity contribution in [2.75, 3.05) is 0 Å². The smallest absolute Gasteiger partial charge is 0.267 e. The molecule has 3 aromatic rings. The molecular weight excluding hydrogens is 348 g/mol. The first-order chi connectivity index (χ1) is 13.8. The van der Waals surface area contributed by atoms with E-state index in [9.17, 15) is 9.59 Å². The summed E-state index contributed by atoms with van der Waals surface area (Å²) in [6.07, 6.45) is 4.11. The largest absolute Gasteiger partial charge is 0.276 e. The molecule has 2 aliphatic heterocycles. The van der Waals surface area contributed by atoms with Gasteiger partial charge in [-0.1, -0.05) is 84.9 Å². The van der Waals surface area contributed by atoms with Crippen molar-refractivity contribution in [1.82, 2.24) is 10.0 Å². The second-order valence-corrected chi connectivity index (χ2v) is 6.96. The average Bonchev–Trinajstić information content (AvgIpc) is 3.40. The van der Waals surface area contributed by atoms with Crippen LogP contribution in [0.1, 0.15) is 37.9 Å². The van der Waals surface area contributed by atoms with Crippen LogP contribution in [0.4, 0.5) is 0 Å². The predicted molar refractivity (Wildman–Crippen MR) is 107 cm³/mol. The Morgan fingerprint density at radius 3 is 1.82 bits per heavy atom. The molecule has 0 spiro atoms. The van der Waals surface area contributed by atoms with Crippen molar-refractivity contribution >= 4 is 17.9 Å². The van der Waals surface area contributed by atoms with Crippen LogP contribution in [0.3, 0.4) is 0 Å². The van der Waals surface area contributed by atoms with Crippen molar-refractivity contribution in [3.63, 3.8) is 0 Å². The number of hydrogen-bond donors (Lipinski definition) is 0. The van der Waals surface area contributed by atoms with E-state index in [4.69, 9.17) is 0 Å². The van der Waals surface area contributed by atoms with E-state index in [2.05, 4.69) is 6.08 Å². The van der Waals surface area contributed by atoms with E-state index in [1.807, 2.05) is 71.7 Å². The first kappa shape index (κ1) is 16.7. The van der Waals surface area contributed by atoms with Crippen LogP contribution in [0, 0.1) is 0 Å². The fourth-order valence-corrected chi connectivity index (χ4v) is 3.85. The maximum atomic E-state index is 12.9. The van der Waals surface area contributed by atoms with Crippen molar-refractivity contribution in [2.24, 2.45) is 0 Å². The number of amides is 2. The summed E-state index contributed by atoms with van der Waals surface area (Å²) in [4.78, 5) is 25.8. The molecule has 1 unspecified atom stereocenters. The topological polar surface area (TPSA) is 40.4 Å². The average molecular weight is 366 g/mol. The van der Waals surface area contributed by atoms with Gasteiger partial charge >= 0.3 is 0 Å². The number of carbonyl (C=O) groups excluding carboxylic acids is 2. The summed E-state index contributed by atoms with van der Waals surface area (Å²) >= 11 is 0. The quantitative estimate of drug-likeness (QED) is 0.509. The number of nitrogens with zero attached hydrogens (tertiary/aromatic N) is 2.